The van der Waals surface area contributed by atoms with E-state index in [4.69, 9.17) is 9.47 Å². The Morgan fingerprint density at radius 1 is 1.50 bits per heavy atom. The first-order valence-corrected chi connectivity index (χ1v) is 6.31. The molecule has 18 heavy (non-hydrogen) atoms. The predicted molar refractivity (Wildman–Crippen MR) is 66.5 cm³/mol. The van der Waals surface area contributed by atoms with Gasteiger partial charge >= 0.3 is 5.97 Å². The molecule has 2 heterocycles. The summed E-state index contributed by atoms with van der Waals surface area (Å²) in [4.78, 5) is 12.0. The number of carbonyl (C=O) groups is 1. The van der Waals surface area contributed by atoms with Crippen LogP contribution in [0.3, 0.4) is 0 Å². The van der Waals surface area contributed by atoms with Crippen molar-refractivity contribution in [2.45, 2.75) is 45.8 Å². The average Bonchev–Trinajstić information content (AvgIpc) is 2.82. The van der Waals surface area contributed by atoms with E-state index in [1.54, 1.807) is 4.68 Å². The van der Waals surface area contributed by atoms with Crippen molar-refractivity contribution in [1.82, 2.24) is 9.78 Å². The summed E-state index contributed by atoms with van der Waals surface area (Å²) in [6.07, 6.45) is 2.31. The molecule has 0 unspecified atom stereocenters. The first-order valence-electron chi connectivity index (χ1n) is 6.31. The summed E-state index contributed by atoms with van der Waals surface area (Å²) in [5.74, 6) is -0.304. The number of rotatable bonds is 3. The van der Waals surface area contributed by atoms with Gasteiger partial charge in [-0.1, -0.05) is 0 Å². The molecule has 1 aliphatic rings. The highest BCUT2D eigenvalue weighted by molar-refractivity contribution is 5.91. The van der Waals surface area contributed by atoms with Crippen molar-refractivity contribution in [3.63, 3.8) is 0 Å². The van der Waals surface area contributed by atoms with E-state index >= 15 is 0 Å². The molecule has 5 nitrogen and oxygen atoms in total. The van der Waals surface area contributed by atoms with Crippen LogP contribution in [-0.2, 0) is 16.5 Å². The van der Waals surface area contributed by atoms with E-state index < -0.39 is 0 Å². The monoisotopic (exact) mass is 252 g/mol. The fourth-order valence-electron chi connectivity index (χ4n) is 2.32. The van der Waals surface area contributed by atoms with E-state index in [0.29, 0.717) is 17.9 Å². The summed E-state index contributed by atoms with van der Waals surface area (Å²) in [5.41, 5.74) is 2.11. The van der Waals surface area contributed by atoms with Crippen LogP contribution in [0.2, 0.25) is 0 Å². The minimum atomic E-state index is -0.304. The molecule has 0 N–H and O–H groups in total. The van der Waals surface area contributed by atoms with Crippen LogP contribution in [-0.4, -0.2) is 34.6 Å². The quantitative estimate of drug-likeness (QED) is 0.769. The third-order valence-electron chi connectivity index (χ3n) is 3.43. The lowest BCUT2D eigenvalue weighted by molar-refractivity contribution is -0.00275. The number of hydrogen-bond donors (Lipinski definition) is 0. The van der Waals surface area contributed by atoms with Crippen LogP contribution in [0.25, 0.3) is 0 Å². The van der Waals surface area contributed by atoms with Crippen molar-refractivity contribution in [2.75, 3.05) is 6.61 Å². The van der Waals surface area contributed by atoms with Gasteiger partial charge in [-0.3, -0.25) is 4.68 Å². The molecule has 0 spiro atoms. The molecule has 1 fully saturated rings. The molecule has 0 aliphatic carbocycles. The van der Waals surface area contributed by atoms with E-state index in [-0.39, 0.29) is 18.2 Å². The summed E-state index contributed by atoms with van der Waals surface area (Å²) in [6.45, 7) is 6.05. The van der Waals surface area contributed by atoms with Crippen molar-refractivity contribution < 1.29 is 14.3 Å². The normalized spacial score (nSPS) is 23.3. The molecule has 2 atom stereocenters. The minimum absolute atomic E-state index is 0.0428. The van der Waals surface area contributed by atoms with Gasteiger partial charge in [0.1, 0.15) is 12.2 Å². The van der Waals surface area contributed by atoms with Crippen molar-refractivity contribution in [1.29, 1.82) is 0 Å². The summed E-state index contributed by atoms with van der Waals surface area (Å²) in [7, 11) is 1.82. The summed E-state index contributed by atoms with van der Waals surface area (Å²) in [5, 5.41) is 4.21. The van der Waals surface area contributed by atoms with Crippen molar-refractivity contribution in [2.24, 2.45) is 7.05 Å². The number of carbonyl (C=O) groups excluding carboxylic acids is 1. The Morgan fingerprint density at radius 2 is 2.22 bits per heavy atom. The minimum Gasteiger partial charge on any atom is -0.459 e. The van der Waals surface area contributed by atoms with Gasteiger partial charge in [0.2, 0.25) is 0 Å². The molecule has 0 bridgehead atoms. The molecule has 1 aromatic rings. The number of nitrogens with zero attached hydrogens (tertiary/aromatic N) is 2. The maximum atomic E-state index is 12.0. The van der Waals surface area contributed by atoms with Gasteiger partial charge in [0.15, 0.2) is 0 Å². The lowest BCUT2D eigenvalue weighted by atomic mass is 10.2. The molecule has 0 aromatic carbocycles. The number of aryl methyl sites for hydroxylation is 2. The lowest BCUT2D eigenvalue weighted by Crippen LogP contribution is -2.19. The Kier molecular flexibility index (Phi) is 3.71. The van der Waals surface area contributed by atoms with Crippen molar-refractivity contribution >= 4 is 5.97 Å². The second kappa shape index (κ2) is 5.10. The predicted octanol–water partition coefficient (Wildman–Crippen LogP) is 1.76. The second-order valence-corrected chi connectivity index (χ2v) is 4.91. The van der Waals surface area contributed by atoms with E-state index in [0.717, 1.165) is 18.5 Å². The first kappa shape index (κ1) is 13.1. The van der Waals surface area contributed by atoms with Gasteiger partial charge in [-0.15, -0.1) is 0 Å². The average molecular weight is 252 g/mol. The van der Waals surface area contributed by atoms with E-state index in [2.05, 4.69) is 5.10 Å². The highest BCUT2D eigenvalue weighted by Crippen LogP contribution is 2.20. The van der Waals surface area contributed by atoms with Crippen LogP contribution in [0.15, 0.2) is 0 Å². The molecule has 1 saturated heterocycles. The molecule has 0 amide bonds. The fourth-order valence-corrected chi connectivity index (χ4v) is 2.32. The summed E-state index contributed by atoms with van der Waals surface area (Å²) in [6, 6.07) is 0. The molecule has 1 aromatic heterocycles. The van der Waals surface area contributed by atoms with E-state index in [9.17, 15) is 4.79 Å². The van der Waals surface area contributed by atoms with Gasteiger partial charge in [-0.2, -0.15) is 5.10 Å². The lowest BCUT2D eigenvalue weighted by Gasteiger charge is -2.11. The molecule has 0 saturated carbocycles. The van der Waals surface area contributed by atoms with Crippen molar-refractivity contribution in [3.05, 3.63) is 17.0 Å². The smallest absolute Gasteiger partial charge is 0.341 e. The Morgan fingerprint density at radius 3 is 2.72 bits per heavy atom. The molecule has 1 aliphatic heterocycles. The molecule has 2 rings (SSSR count). The topological polar surface area (TPSA) is 53.4 Å². The zero-order valence-electron chi connectivity index (χ0n) is 11.4. The van der Waals surface area contributed by atoms with E-state index in [1.165, 1.54) is 0 Å². The molecule has 100 valence electrons. The Labute approximate surface area is 107 Å². The molecular formula is C13H20N2O3. The van der Waals surface area contributed by atoms with Crippen LogP contribution in [0, 0.1) is 13.8 Å². The third kappa shape index (κ3) is 2.56. The van der Waals surface area contributed by atoms with Crippen LogP contribution in [0.5, 0.6) is 0 Å². The van der Waals surface area contributed by atoms with Gasteiger partial charge in [-0.25, -0.2) is 4.79 Å². The zero-order chi connectivity index (χ0) is 13.3. The highest BCUT2D eigenvalue weighted by atomic mass is 16.6. The Bertz CT molecular complexity index is 453. The Balaban J connectivity index is 1.95. The Hall–Kier alpha value is -1.36. The van der Waals surface area contributed by atoms with Crippen LogP contribution >= 0.6 is 0 Å². The van der Waals surface area contributed by atoms with Crippen LogP contribution in [0.4, 0.5) is 0 Å². The van der Waals surface area contributed by atoms with Crippen molar-refractivity contribution in [3.8, 4) is 0 Å². The van der Waals surface area contributed by atoms with Crippen LogP contribution in [0.1, 0.15) is 41.5 Å². The van der Waals surface area contributed by atoms with Gasteiger partial charge in [-0.05, 0) is 33.6 Å². The van der Waals surface area contributed by atoms with Gasteiger partial charge < -0.3 is 9.47 Å². The second-order valence-electron chi connectivity index (χ2n) is 4.91. The standard InChI is InChI=1S/C13H20N2O3/c1-8-5-6-11(18-8)7-17-13(16)12-9(2)14-15(4)10(12)3/h8,11H,5-7H2,1-4H3/t8-,11+/m0/s1. The van der Waals surface area contributed by atoms with Gasteiger partial charge in [0.25, 0.3) is 0 Å². The third-order valence-corrected chi connectivity index (χ3v) is 3.43. The SMILES string of the molecule is Cc1nn(C)c(C)c1C(=O)OC[C@H]1CC[C@H](C)O1. The summed E-state index contributed by atoms with van der Waals surface area (Å²) >= 11 is 0. The maximum Gasteiger partial charge on any atom is 0.341 e. The molecule has 5 heteroatoms. The van der Waals surface area contributed by atoms with Gasteiger partial charge in [0.05, 0.1) is 17.9 Å². The van der Waals surface area contributed by atoms with Crippen LogP contribution < -0.4 is 0 Å². The maximum absolute atomic E-state index is 12.0. The summed E-state index contributed by atoms with van der Waals surface area (Å²) < 4.78 is 12.6. The highest BCUT2D eigenvalue weighted by Gasteiger charge is 2.25. The van der Waals surface area contributed by atoms with Gasteiger partial charge in [0, 0.05) is 12.7 Å². The largest absolute Gasteiger partial charge is 0.459 e. The number of ether oxygens (including phenoxy) is 2. The fraction of sp³-hybridized carbons (Fsp3) is 0.692. The van der Waals surface area contributed by atoms with E-state index in [1.807, 2.05) is 27.8 Å². The molecule has 0 radical (unpaired) electrons. The first-order chi connectivity index (χ1) is 8.49. The number of esters is 1. The number of aromatic nitrogens is 2. The zero-order valence-corrected chi connectivity index (χ0v) is 11.4. The molecular weight excluding hydrogens is 232 g/mol. The number of hydrogen-bond acceptors (Lipinski definition) is 4.